The van der Waals surface area contributed by atoms with Gasteiger partial charge in [0.05, 0.1) is 28.6 Å². The molecule has 7 heteroatoms. The maximum Gasteiger partial charge on any atom is 0.298 e. The van der Waals surface area contributed by atoms with Crippen LogP contribution in [0.2, 0.25) is 0 Å². The molecule has 1 saturated heterocycles. The van der Waals surface area contributed by atoms with E-state index < -0.39 is 0 Å². The highest BCUT2D eigenvalue weighted by Crippen LogP contribution is 2.30. The molecule has 1 aliphatic rings. The predicted molar refractivity (Wildman–Crippen MR) is 91.5 cm³/mol. The fourth-order valence-electron chi connectivity index (χ4n) is 2.81. The molecular formula is C17H17N3O3S. The fraction of sp³-hybridized carbons (Fsp3) is 0.353. The van der Waals surface area contributed by atoms with E-state index in [4.69, 9.17) is 9.26 Å². The van der Waals surface area contributed by atoms with E-state index in [9.17, 15) is 4.79 Å². The van der Waals surface area contributed by atoms with Crippen molar-refractivity contribution < 1.29 is 14.1 Å². The normalized spacial score (nSPS) is 17.5. The Balaban J connectivity index is 1.69. The van der Waals surface area contributed by atoms with Crippen molar-refractivity contribution in [1.82, 2.24) is 10.1 Å². The van der Waals surface area contributed by atoms with Crippen molar-refractivity contribution in [2.75, 3.05) is 18.1 Å². The van der Waals surface area contributed by atoms with E-state index in [0.717, 1.165) is 29.7 Å². The number of carbonyl (C=O) groups excluding carboxylic acids is 1. The molecule has 6 nitrogen and oxygen atoms in total. The molecule has 0 N–H and O–H groups in total. The van der Waals surface area contributed by atoms with E-state index in [-0.39, 0.29) is 17.8 Å². The lowest BCUT2D eigenvalue weighted by Crippen LogP contribution is -2.37. The second-order valence-corrected chi connectivity index (χ2v) is 6.86. The lowest BCUT2D eigenvalue weighted by atomic mass is 10.2. The molecule has 1 fully saturated rings. The predicted octanol–water partition coefficient (Wildman–Crippen LogP) is 3.42. The van der Waals surface area contributed by atoms with Gasteiger partial charge in [0.25, 0.3) is 5.91 Å². The van der Waals surface area contributed by atoms with Gasteiger partial charge >= 0.3 is 0 Å². The van der Waals surface area contributed by atoms with Crippen molar-refractivity contribution in [1.29, 1.82) is 0 Å². The van der Waals surface area contributed by atoms with E-state index in [2.05, 4.69) is 10.1 Å². The molecule has 1 atom stereocenters. The topological polar surface area (TPSA) is 68.5 Å². The summed E-state index contributed by atoms with van der Waals surface area (Å²) >= 11 is 1.49. The molecule has 0 aliphatic carbocycles. The van der Waals surface area contributed by atoms with Gasteiger partial charge in [-0.05, 0) is 31.9 Å². The molecular weight excluding hydrogens is 326 g/mol. The summed E-state index contributed by atoms with van der Waals surface area (Å²) in [7, 11) is 0. The molecule has 0 radical (unpaired) electrons. The quantitative estimate of drug-likeness (QED) is 0.726. The van der Waals surface area contributed by atoms with Crippen LogP contribution >= 0.6 is 11.3 Å². The van der Waals surface area contributed by atoms with Crippen LogP contribution in [0.3, 0.4) is 0 Å². The molecule has 1 aromatic carbocycles. The number of carbonyl (C=O) groups is 1. The van der Waals surface area contributed by atoms with Crippen LogP contribution in [-0.2, 0) is 4.74 Å². The molecule has 3 heterocycles. The number of ether oxygens (including phenoxy) is 1. The van der Waals surface area contributed by atoms with Crippen molar-refractivity contribution in [3.63, 3.8) is 0 Å². The van der Waals surface area contributed by atoms with Gasteiger partial charge in [-0.3, -0.25) is 9.69 Å². The first-order chi connectivity index (χ1) is 11.7. The number of para-hydroxylation sites is 1. The van der Waals surface area contributed by atoms with Crippen molar-refractivity contribution in [3.05, 3.63) is 41.8 Å². The van der Waals surface area contributed by atoms with E-state index in [0.29, 0.717) is 17.4 Å². The Labute approximate surface area is 143 Å². The summed E-state index contributed by atoms with van der Waals surface area (Å²) in [4.78, 5) is 19.2. The largest absolute Gasteiger partial charge is 0.376 e. The van der Waals surface area contributed by atoms with Crippen molar-refractivity contribution in [2.24, 2.45) is 0 Å². The molecule has 1 unspecified atom stereocenters. The molecule has 1 aliphatic heterocycles. The molecule has 0 bridgehead atoms. The standard InChI is InChI=1S/C17H17N3O3S/c1-11-9-14(23-19-11)16(21)20(10-12-5-4-8-22-12)17-18-13-6-2-3-7-15(13)24-17/h2-3,6-7,9,12H,4-5,8,10H2,1H3. The molecule has 3 aromatic rings. The van der Waals surface area contributed by atoms with E-state index in [1.54, 1.807) is 17.9 Å². The second kappa shape index (κ2) is 6.33. The van der Waals surface area contributed by atoms with Gasteiger partial charge in [0.2, 0.25) is 5.76 Å². The van der Waals surface area contributed by atoms with E-state index >= 15 is 0 Å². The molecule has 124 valence electrons. The Morgan fingerprint density at radius 1 is 1.42 bits per heavy atom. The maximum atomic E-state index is 12.9. The van der Waals surface area contributed by atoms with Crippen LogP contribution in [0.5, 0.6) is 0 Å². The second-order valence-electron chi connectivity index (χ2n) is 5.85. The monoisotopic (exact) mass is 343 g/mol. The van der Waals surface area contributed by atoms with E-state index in [1.807, 2.05) is 24.3 Å². The van der Waals surface area contributed by atoms with Gasteiger partial charge < -0.3 is 9.26 Å². The molecule has 0 spiro atoms. The van der Waals surface area contributed by atoms with Crippen LogP contribution in [0.25, 0.3) is 10.2 Å². The third-order valence-electron chi connectivity index (χ3n) is 4.01. The van der Waals surface area contributed by atoms with Crippen molar-refractivity contribution in [2.45, 2.75) is 25.9 Å². The summed E-state index contributed by atoms with van der Waals surface area (Å²) in [5.41, 5.74) is 1.57. The van der Waals surface area contributed by atoms with Gasteiger partial charge in [-0.15, -0.1) is 0 Å². The van der Waals surface area contributed by atoms with E-state index in [1.165, 1.54) is 11.3 Å². The Bertz CT molecular complexity index is 834. The number of fused-ring (bicyclic) bond motifs is 1. The Morgan fingerprint density at radius 2 is 2.29 bits per heavy atom. The average Bonchev–Trinajstić information content (AvgIpc) is 3.32. The minimum Gasteiger partial charge on any atom is -0.376 e. The Kier molecular flexibility index (Phi) is 4.03. The summed E-state index contributed by atoms with van der Waals surface area (Å²) in [6.07, 6.45) is 2.00. The van der Waals surface area contributed by atoms with Gasteiger partial charge in [-0.2, -0.15) is 0 Å². The molecule has 24 heavy (non-hydrogen) atoms. The smallest absolute Gasteiger partial charge is 0.298 e. The SMILES string of the molecule is Cc1cc(C(=O)N(CC2CCCO2)c2nc3ccccc3s2)on1. The van der Waals surface area contributed by atoms with Crippen molar-refractivity contribution >= 4 is 32.6 Å². The molecule has 1 amide bonds. The first-order valence-corrected chi connectivity index (χ1v) is 8.75. The average molecular weight is 343 g/mol. The van der Waals surface area contributed by atoms with Crippen LogP contribution in [0, 0.1) is 6.92 Å². The zero-order valence-electron chi connectivity index (χ0n) is 13.3. The lowest BCUT2D eigenvalue weighted by molar-refractivity contribution is 0.0887. The number of hydrogen-bond donors (Lipinski definition) is 0. The third-order valence-corrected chi connectivity index (χ3v) is 5.07. The lowest BCUT2D eigenvalue weighted by Gasteiger charge is -2.21. The summed E-state index contributed by atoms with van der Waals surface area (Å²) in [6, 6.07) is 9.51. The number of amides is 1. The van der Waals surface area contributed by atoms with Crippen molar-refractivity contribution in [3.8, 4) is 0 Å². The van der Waals surface area contributed by atoms with Crippen LogP contribution in [0.1, 0.15) is 29.1 Å². The highest BCUT2D eigenvalue weighted by molar-refractivity contribution is 7.22. The zero-order valence-corrected chi connectivity index (χ0v) is 14.1. The number of thiazole rings is 1. The number of rotatable bonds is 4. The summed E-state index contributed by atoms with van der Waals surface area (Å²) in [5.74, 6) is -0.00471. The Hall–Kier alpha value is -2.25. The first kappa shape index (κ1) is 15.3. The van der Waals surface area contributed by atoms with Gasteiger partial charge in [0.15, 0.2) is 5.13 Å². The highest BCUT2D eigenvalue weighted by Gasteiger charge is 2.29. The zero-order chi connectivity index (χ0) is 16.5. The summed E-state index contributed by atoms with van der Waals surface area (Å²) in [6.45, 7) is 3.01. The highest BCUT2D eigenvalue weighted by atomic mass is 32.1. The number of anilines is 1. The van der Waals surface area contributed by atoms with Crippen LogP contribution in [0.15, 0.2) is 34.9 Å². The summed E-state index contributed by atoms with van der Waals surface area (Å²) < 4.78 is 11.9. The molecule has 2 aromatic heterocycles. The summed E-state index contributed by atoms with van der Waals surface area (Å²) in [5, 5.41) is 4.48. The van der Waals surface area contributed by atoms with Crippen LogP contribution in [0.4, 0.5) is 5.13 Å². The van der Waals surface area contributed by atoms with Crippen LogP contribution in [-0.4, -0.2) is 35.3 Å². The van der Waals surface area contributed by atoms with Gasteiger partial charge in [-0.1, -0.05) is 28.6 Å². The third kappa shape index (κ3) is 2.92. The number of hydrogen-bond acceptors (Lipinski definition) is 6. The minimum absolute atomic E-state index is 0.0324. The molecule has 0 saturated carbocycles. The van der Waals surface area contributed by atoms with Gasteiger partial charge in [0, 0.05) is 12.7 Å². The number of aromatic nitrogens is 2. The molecule has 4 rings (SSSR count). The number of benzene rings is 1. The Morgan fingerprint density at radius 3 is 3.00 bits per heavy atom. The number of aryl methyl sites for hydroxylation is 1. The maximum absolute atomic E-state index is 12.9. The fourth-order valence-corrected chi connectivity index (χ4v) is 3.79. The van der Waals surface area contributed by atoms with Gasteiger partial charge in [-0.25, -0.2) is 4.98 Å². The van der Waals surface area contributed by atoms with Crippen LogP contribution < -0.4 is 4.90 Å². The van der Waals surface area contributed by atoms with Gasteiger partial charge in [0.1, 0.15) is 0 Å². The number of nitrogens with zero attached hydrogens (tertiary/aromatic N) is 3. The first-order valence-electron chi connectivity index (χ1n) is 7.93. The minimum atomic E-state index is -0.231.